The Bertz CT molecular complexity index is 1410. The Balaban J connectivity index is 0.000000587. The Morgan fingerprint density at radius 2 is 1.32 bits per heavy atom. The first-order chi connectivity index (χ1) is 19.5. The molecule has 41 heavy (non-hydrogen) atoms. The van der Waals surface area contributed by atoms with Crippen LogP contribution in [0.5, 0.6) is 0 Å². The quantitative estimate of drug-likeness (QED) is 0.198. The molecule has 0 saturated carbocycles. The lowest BCUT2D eigenvalue weighted by Gasteiger charge is -2.24. The number of nitrogens with zero attached hydrogens (tertiary/aromatic N) is 1. The number of halogens is 4. The highest BCUT2D eigenvalue weighted by atomic mass is 35.5. The number of aryl methyl sites for hydroxylation is 1. The molecule has 0 heterocycles. The van der Waals surface area contributed by atoms with Gasteiger partial charge in [-0.2, -0.15) is 13.2 Å². The average Bonchev–Trinajstić information content (AvgIpc) is 2.95. The molecular weight excluding hydrogens is 555 g/mol. The molecule has 5 nitrogen and oxygen atoms in total. The van der Waals surface area contributed by atoms with E-state index in [0.717, 1.165) is 48.6 Å². The Hall–Kier alpha value is -4.14. The Labute approximate surface area is 241 Å². The van der Waals surface area contributed by atoms with Crippen molar-refractivity contribution in [2.45, 2.75) is 32.1 Å². The zero-order chi connectivity index (χ0) is 29.8. The standard InChI is InChI=1S/C30H28ClNO2.C2HF3O2/c31-28-18-12-24(13-19-28)21-32(20-6-9-23-7-2-1-3-8-23)22-27-10-4-5-11-29(27)25-14-16-26(17-15-25)30(33)34;3-2(4,5)1(6)7/h1-5,7-8,10-19H,6,9,20-22H2,(H,33,34);(H,6,7). The third kappa shape index (κ3) is 10.4. The van der Waals surface area contributed by atoms with Crippen molar-refractivity contribution in [1.82, 2.24) is 4.90 Å². The van der Waals surface area contributed by atoms with Crippen molar-refractivity contribution in [3.05, 3.63) is 130 Å². The summed E-state index contributed by atoms with van der Waals surface area (Å²) in [5, 5.41) is 17.1. The maximum atomic E-state index is 11.2. The van der Waals surface area contributed by atoms with E-state index in [1.165, 1.54) is 16.7 Å². The molecular formula is C32H29ClF3NO4. The third-order valence-corrected chi connectivity index (χ3v) is 6.45. The van der Waals surface area contributed by atoms with Gasteiger partial charge in [-0.1, -0.05) is 90.5 Å². The van der Waals surface area contributed by atoms with E-state index in [9.17, 15) is 23.1 Å². The van der Waals surface area contributed by atoms with Gasteiger partial charge in [0.25, 0.3) is 0 Å². The third-order valence-electron chi connectivity index (χ3n) is 6.20. The van der Waals surface area contributed by atoms with Gasteiger partial charge in [-0.15, -0.1) is 0 Å². The van der Waals surface area contributed by atoms with Crippen molar-refractivity contribution in [3.8, 4) is 11.1 Å². The van der Waals surface area contributed by atoms with Crippen LogP contribution in [0.1, 0.15) is 33.5 Å². The van der Waals surface area contributed by atoms with Gasteiger partial charge in [0, 0.05) is 18.1 Å². The molecule has 4 aromatic rings. The largest absolute Gasteiger partial charge is 0.490 e. The SMILES string of the molecule is O=C(O)C(F)(F)F.O=C(O)c1ccc(-c2ccccc2CN(CCCc2ccccc2)Cc2ccc(Cl)cc2)cc1. The molecule has 2 N–H and O–H groups in total. The predicted octanol–water partition coefficient (Wildman–Crippen LogP) is 7.97. The summed E-state index contributed by atoms with van der Waals surface area (Å²) in [5.74, 6) is -3.67. The van der Waals surface area contributed by atoms with Crippen LogP contribution in [-0.4, -0.2) is 39.8 Å². The second-order valence-corrected chi connectivity index (χ2v) is 9.71. The van der Waals surface area contributed by atoms with Gasteiger partial charge in [-0.3, -0.25) is 4.90 Å². The maximum Gasteiger partial charge on any atom is 0.490 e. The smallest absolute Gasteiger partial charge is 0.478 e. The molecule has 0 aromatic heterocycles. The summed E-state index contributed by atoms with van der Waals surface area (Å²) in [7, 11) is 0. The lowest BCUT2D eigenvalue weighted by Crippen LogP contribution is -2.24. The Kier molecular flexibility index (Phi) is 11.5. The van der Waals surface area contributed by atoms with Gasteiger partial charge in [0.2, 0.25) is 0 Å². The van der Waals surface area contributed by atoms with Crippen molar-refractivity contribution in [2.24, 2.45) is 0 Å². The normalized spacial score (nSPS) is 11.0. The molecule has 0 bridgehead atoms. The van der Waals surface area contributed by atoms with Gasteiger partial charge >= 0.3 is 18.1 Å². The monoisotopic (exact) mass is 583 g/mol. The first kappa shape index (κ1) is 31.4. The molecule has 4 aromatic carbocycles. The van der Waals surface area contributed by atoms with Gasteiger partial charge in [-0.05, 0) is 71.5 Å². The van der Waals surface area contributed by atoms with E-state index >= 15 is 0 Å². The Morgan fingerprint density at radius 3 is 1.90 bits per heavy atom. The number of carbonyl (C=O) groups is 2. The number of benzene rings is 4. The van der Waals surface area contributed by atoms with Crippen LogP contribution in [0.2, 0.25) is 5.02 Å². The van der Waals surface area contributed by atoms with E-state index in [-0.39, 0.29) is 0 Å². The van der Waals surface area contributed by atoms with Gasteiger partial charge in [0.1, 0.15) is 0 Å². The number of aliphatic carboxylic acids is 1. The molecule has 0 fully saturated rings. The topological polar surface area (TPSA) is 77.8 Å². The number of carboxylic acids is 2. The molecule has 0 atom stereocenters. The zero-order valence-electron chi connectivity index (χ0n) is 22.0. The molecule has 0 radical (unpaired) electrons. The van der Waals surface area contributed by atoms with E-state index in [1.54, 1.807) is 12.1 Å². The first-order valence-electron chi connectivity index (χ1n) is 12.8. The summed E-state index contributed by atoms with van der Waals surface area (Å²) in [5.41, 5.74) is 6.26. The summed E-state index contributed by atoms with van der Waals surface area (Å²) in [6, 6.07) is 34.1. The summed E-state index contributed by atoms with van der Waals surface area (Å²) in [6.07, 6.45) is -2.98. The molecule has 0 aliphatic heterocycles. The van der Waals surface area contributed by atoms with Gasteiger partial charge < -0.3 is 10.2 Å². The van der Waals surface area contributed by atoms with Crippen LogP contribution in [-0.2, 0) is 24.3 Å². The number of aromatic carboxylic acids is 1. The van der Waals surface area contributed by atoms with Crippen LogP contribution in [0.25, 0.3) is 11.1 Å². The fraction of sp³-hybridized carbons (Fsp3) is 0.188. The highest BCUT2D eigenvalue weighted by Crippen LogP contribution is 2.26. The minimum Gasteiger partial charge on any atom is -0.478 e. The average molecular weight is 584 g/mol. The minimum absolute atomic E-state index is 0.298. The van der Waals surface area contributed by atoms with Gasteiger partial charge in [0.05, 0.1) is 5.56 Å². The molecule has 0 aliphatic carbocycles. The molecule has 0 unspecified atom stereocenters. The highest BCUT2D eigenvalue weighted by Gasteiger charge is 2.38. The second kappa shape index (κ2) is 15.0. The molecule has 214 valence electrons. The fourth-order valence-corrected chi connectivity index (χ4v) is 4.31. The van der Waals surface area contributed by atoms with E-state index in [1.807, 2.05) is 30.3 Å². The molecule has 9 heteroatoms. The second-order valence-electron chi connectivity index (χ2n) is 9.27. The fourth-order valence-electron chi connectivity index (χ4n) is 4.19. The van der Waals surface area contributed by atoms with E-state index in [2.05, 4.69) is 65.6 Å². The van der Waals surface area contributed by atoms with E-state index < -0.39 is 18.1 Å². The molecule has 0 amide bonds. The van der Waals surface area contributed by atoms with Crippen LogP contribution in [0.4, 0.5) is 13.2 Å². The van der Waals surface area contributed by atoms with Crippen LogP contribution in [0.15, 0.2) is 103 Å². The number of rotatable bonds is 10. The molecule has 0 saturated heterocycles. The molecule has 0 spiro atoms. The minimum atomic E-state index is -5.08. The van der Waals surface area contributed by atoms with Crippen LogP contribution in [0.3, 0.4) is 0 Å². The number of carboxylic acid groups (broad SMARTS) is 2. The highest BCUT2D eigenvalue weighted by molar-refractivity contribution is 6.30. The van der Waals surface area contributed by atoms with Crippen molar-refractivity contribution in [2.75, 3.05) is 6.54 Å². The Morgan fingerprint density at radius 1 is 0.732 bits per heavy atom. The summed E-state index contributed by atoms with van der Waals surface area (Å²) >= 11 is 6.10. The lowest BCUT2D eigenvalue weighted by molar-refractivity contribution is -0.192. The summed E-state index contributed by atoms with van der Waals surface area (Å²) < 4.78 is 31.7. The molecule has 0 aliphatic rings. The van der Waals surface area contributed by atoms with Crippen LogP contribution in [0, 0.1) is 0 Å². The van der Waals surface area contributed by atoms with Crippen molar-refractivity contribution in [3.63, 3.8) is 0 Å². The maximum absolute atomic E-state index is 11.2. The van der Waals surface area contributed by atoms with Crippen LogP contribution < -0.4 is 0 Å². The lowest BCUT2D eigenvalue weighted by atomic mass is 9.98. The predicted molar refractivity (Wildman–Crippen MR) is 153 cm³/mol. The van der Waals surface area contributed by atoms with Crippen molar-refractivity contribution in [1.29, 1.82) is 0 Å². The number of alkyl halides is 3. The molecule has 4 rings (SSSR count). The van der Waals surface area contributed by atoms with Crippen molar-refractivity contribution >= 4 is 23.5 Å². The van der Waals surface area contributed by atoms with Gasteiger partial charge in [-0.25, -0.2) is 9.59 Å². The number of hydrogen-bond donors (Lipinski definition) is 2. The van der Waals surface area contributed by atoms with E-state index in [0.29, 0.717) is 5.56 Å². The number of hydrogen-bond acceptors (Lipinski definition) is 3. The zero-order valence-corrected chi connectivity index (χ0v) is 22.8. The first-order valence-corrected chi connectivity index (χ1v) is 13.1. The van der Waals surface area contributed by atoms with Gasteiger partial charge in [0.15, 0.2) is 0 Å². The van der Waals surface area contributed by atoms with E-state index in [4.69, 9.17) is 21.5 Å². The summed E-state index contributed by atoms with van der Waals surface area (Å²) in [6.45, 7) is 2.59. The van der Waals surface area contributed by atoms with Crippen LogP contribution >= 0.6 is 11.6 Å². The van der Waals surface area contributed by atoms with Crippen molar-refractivity contribution < 1.29 is 33.0 Å². The summed E-state index contributed by atoms with van der Waals surface area (Å²) in [4.78, 5) is 22.6.